The van der Waals surface area contributed by atoms with Crippen LogP contribution in [0.2, 0.25) is 0 Å². The molecule has 0 bridgehead atoms. The van der Waals surface area contributed by atoms with Crippen molar-refractivity contribution in [2.75, 3.05) is 5.01 Å². The maximum absolute atomic E-state index is 12.7. The van der Waals surface area contributed by atoms with E-state index in [1.807, 2.05) is 0 Å². The summed E-state index contributed by atoms with van der Waals surface area (Å²) < 4.78 is 0. The van der Waals surface area contributed by atoms with Gasteiger partial charge in [0.1, 0.15) is 11.3 Å². The van der Waals surface area contributed by atoms with Crippen molar-refractivity contribution >= 4 is 29.2 Å². The van der Waals surface area contributed by atoms with Crippen LogP contribution in [0.3, 0.4) is 0 Å². The molecule has 140 valence electrons. The molecule has 1 aliphatic heterocycles. The number of anilines is 1. The third-order valence-electron chi connectivity index (χ3n) is 4.80. The van der Waals surface area contributed by atoms with E-state index in [0.29, 0.717) is 12.1 Å². The molecule has 8 nitrogen and oxygen atoms in total. The second-order valence-corrected chi connectivity index (χ2v) is 6.58. The second-order valence-electron chi connectivity index (χ2n) is 6.58. The molecule has 26 heavy (non-hydrogen) atoms. The normalized spacial score (nSPS) is 19.0. The zero-order valence-electron chi connectivity index (χ0n) is 15.1. The molecule has 1 aromatic rings. The minimum absolute atomic E-state index is 0.0565. The van der Waals surface area contributed by atoms with E-state index in [1.165, 1.54) is 5.01 Å². The van der Waals surface area contributed by atoms with Gasteiger partial charge in [0.25, 0.3) is 5.91 Å². The number of nitrogens with two attached hydrogens (primary N) is 1. The fourth-order valence-corrected chi connectivity index (χ4v) is 3.09. The van der Waals surface area contributed by atoms with E-state index in [4.69, 9.17) is 5.73 Å². The maximum Gasteiger partial charge on any atom is 0.328 e. The van der Waals surface area contributed by atoms with Crippen LogP contribution in [-0.2, 0) is 14.4 Å². The molecule has 0 radical (unpaired) electrons. The van der Waals surface area contributed by atoms with Crippen LogP contribution in [-0.4, -0.2) is 40.2 Å². The zero-order chi connectivity index (χ0) is 19.5. The van der Waals surface area contributed by atoms with E-state index in [0.717, 1.165) is 0 Å². The Morgan fingerprint density at radius 3 is 2.42 bits per heavy atom. The van der Waals surface area contributed by atoms with Crippen molar-refractivity contribution in [2.45, 2.75) is 45.2 Å². The summed E-state index contributed by atoms with van der Waals surface area (Å²) in [4.78, 5) is 36.3. The van der Waals surface area contributed by atoms with Crippen LogP contribution in [0.1, 0.15) is 33.6 Å². The smallest absolute Gasteiger partial charge is 0.328 e. The number of amides is 2. The number of aliphatic carboxylic acids is 1. The van der Waals surface area contributed by atoms with Crippen LogP contribution >= 0.6 is 0 Å². The molecule has 2 amide bonds. The highest BCUT2D eigenvalue weighted by Gasteiger charge is 2.43. The molecule has 2 rings (SSSR count). The number of primary amides is 1. The summed E-state index contributed by atoms with van der Waals surface area (Å²) in [5.41, 5.74) is 4.94. The first kappa shape index (κ1) is 19.4. The lowest BCUT2D eigenvalue weighted by molar-refractivity contribution is -0.138. The summed E-state index contributed by atoms with van der Waals surface area (Å²) in [5.74, 6) is -2.52. The molecule has 1 aromatic carbocycles. The van der Waals surface area contributed by atoms with Crippen LogP contribution in [0, 0.1) is 5.92 Å². The van der Waals surface area contributed by atoms with E-state index in [9.17, 15) is 19.5 Å². The Bertz CT molecular complexity index is 732. The average Bonchev–Trinajstić information content (AvgIpc) is 3.05. The van der Waals surface area contributed by atoms with Gasteiger partial charge in [-0.3, -0.25) is 14.6 Å². The average molecular weight is 360 g/mol. The number of carbonyl (C=O) groups excluding carboxylic acids is 2. The van der Waals surface area contributed by atoms with Crippen LogP contribution in [0.15, 0.2) is 35.4 Å². The largest absolute Gasteiger partial charge is 0.480 e. The molecule has 1 aliphatic rings. The summed E-state index contributed by atoms with van der Waals surface area (Å²) in [6, 6.07) is 7.77. The summed E-state index contributed by atoms with van der Waals surface area (Å²) in [7, 11) is 0. The molecule has 0 saturated heterocycles. The first-order valence-corrected chi connectivity index (χ1v) is 8.50. The van der Waals surface area contributed by atoms with E-state index < -0.39 is 29.4 Å². The molecule has 1 heterocycles. The van der Waals surface area contributed by atoms with Gasteiger partial charge in [0.05, 0.1) is 5.69 Å². The molecular formula is C18H24N4O4. The van der Waals surface area contributed by atoms with Crippen LogP contribution in [0.25, 0.3) is 0 Å². The quantitative estimate of drug-likeness (QED) is 0.672. The van der Waals surface area contributed by atoms with Crippen molar-refractivity contribution in [3.8, 4) is 0 Å². The first-order valence-electron chi connectivity index (χ1n) is 8.50. The minimum Gasteiger partial charge on any atom is -0.480 e. The van der Waals surface area contributed by atoms with Gasteiger partial charge in [0.15, 0.2) is 6.04 Å². The number of benzene rings is 1. The van der Waals surface area contributed by atoms with Gasteiger partial charge in [-0.25, -0.2) is 4.79 Å². The molecule has 0 aliphatic carbocycles. The first-order chi connectivity index (χ1) is 12.2. The lowest BCUT2D eigenvalue weighted by Crippen LogP contribution is -2.61. The Morgan fingerprint density at radius 2 is 1.96 bits per heavy atom. The zero-order valence-corrected chi connectivity index (χ0v) is 15.1. The van der Waals surface area contributed by atoms with E-state index in [1.54, 1.807) is 51.1 Å². The molecule has 0 spiro atoms. The van der Waals surface area contributed by atoms with Gasteiger partial charge in [0, 0.05) is 6.42 Å². The predicted octanol–water partition coefficient (Wildman–Crippen LogP) is 1.11. The number of nitrogens with zero attached hydrogens (tertiary/aromatic N) is 2. The number of carboxylic acid groups (broad SMARTS) is 1. The van der Waals surface area contributed by atoms with Crippen LogP contribution in [0.5, 0.6) is 0 Å². The maximum atomic E-state index is 12.7. The molecule has 2 atom stereocenters. The minimum atomic E-state index is -1.21. The summed E-state index contributed by atoms with van der Waals surface area (Å²) in [6.45, 7) is 5.35. The Balaban J connectivity index is 2.31. The number of hydrogen-bond acceptors (Lipinski definition) is 5. The highest BCUT2D eigenvalue weighted by Crippen LogP contribution is 2.26. The SMILES string of the molecule is CCC(NC(=O)C1=NN(c2ccccc2)C(C(=O)O)C1)(C(N)=O)C(C)C. The van der Waals surface area contributed by atoms with Crippen molar-refractivity contribution in [1.82, 2.24) is 5.32 Å². The van der Waals surface area contributed by atoms with Gasteiger partial charge in [0.2, 0.25) is 5.91 Å². The Labute approximate surface area is 152 Å². The molecule has 8 heteroatoms. The fraction of sp³-hybridized carbons (Fsp3) is 0.444. The van der Waals surface area contributed by atoms with Crippen molar-refractivity contribution in [2.24, 2.45) is 16.8 Å². The number of nitrogens with one attached hydrogen (secondary N) is 1. The second kappa shape index (κ2) is 7.55. The van der Waals surface area contributed by atoms with Gasteiger partial charge in [-0.15, -0.1) is 0 Å². The van der Waals surface area contributed by atoms with Gasteiger partial charge in [-0.05, 0) is 24.5 Å². The number of carboxylic acids is 1. The van der Waals surface area contributed by atoms with Crippen LogP contribution in [0.4, 0.5) is 5.69 Å². The van der Waals surface area contributed by atoms with E-state index in [-0.39, 0.29) is 18.1 Å². The lowest BCUT2D eigenvalue weighted by atomic mass is 9.82. The van der Waals surface area contributed by atoms with E-state index >= 15 is 0 Å². The summed E-state index contributed by atoms with van der Waals surface area (Å²) >= 11 is 0. The van der Waals surface area contributed by atoms with Crippen molar-refractivity contribution < 1.29 is 19.5 Å². The summed E-state index contributed by atoms with van der Waals surface area (Å²) in [6.07, 6.45) is 0.260. The topological polar surface area (TPSA) is 125 Å². The van der Waals surface area contributed by atoms with Crippen LogP contribution < -0.4 is 16.1 Å². The van der Waals surface area contributed by atoms with Gasteiger partial charge in [-0.1, -0.05) is 39.0 Å². The van der Waals surface area contributed by atoms with Gasteiger partial charge >= 0.3 is 5.97 Å². The third-order valence-corrected chi connectivity index (χ3v) is 4.80. The molecule has 0 fully saturated rings. The number of hydrazone groups is 1. The number of carbonyl (C=O) groups is 3. The van der Waals surface area contributed by atoms with E-state index in [2.05, 4.69) is 10.4 Å². The van der Waals surface area contributed by atoms with Gasteiger partial charge in [-0.2, -0.15) is 5.10 Å². The molecule has 0 saturated carbocycles. The number of rotatable bonds is 7. The predicted molar refractivity (Wildman–Crippen MR) is 97.6 cm³/mol. The molecular weight excluding hydrogens is 336 g/mol. The molecule has 2 unspecified atom stereocenters. The fourth-order valence-electron chi connectivity index (χ4n) is 3.09. The highest BCUT2D eigenvalue weighted by atomic mass is 16.4. The Hall–Kier alpha value is -2.90. The standard InChI is InChI=1S/C18H24N4O4/c1-4-18(11(2)3,17(19)26)20-15(23)13-10-14(16(24)25)22(21-13)12-8-6-5-7-9-12/h5-9,11,14H,4,10H2,1-3H3,(H2,19,26)(H,20,23)(H,24,25). The Kier molecular flexibility index (Phi) is 5.64. The lowest BCUT2D eigenvalue weighted by Gasteiger charge is -2.34. The Morgan fingerprint density at radius 1 is 1.35 bits per heavy atom. The van der Waals surface area contributed by atoms with Gasteiger partial charge < -0.3 is 16.2 Å². The van der Waals surface area contributed by atoms with Crippen molar-refractivity contribution in [3.05, 3.63) is 30.3 Å². The molecule has 4 N–H and O–H groups in total. The number of hydrogen-bond donors (Lipinski definition) is 3. The monoisotopic (exact) mass is 360 g/mol. The van der Waals surface area contributed by atoms with Crippen molar-refractivity contribution in [3.63, 3.8) is 0 Å². The summed E-state index contributed by atoms with van der Waals surface area (Å²) in [5, 5.41) is 17.7. The highest BCUT2D eigenvalue weighted by molar-refractivity contribution is 6.40. The molecule has 0 aromatic heterocycles. The van der Waals surface area contributed by atoms with Crippen molar-refractivity contribution in [1.29, 1.82) is 0 Å². The third kappa shape index (κ3) is 3.54. The number of para-hydroxylation sites is 1.